The van der Waals surface area contributed by atoms with Gasteiger partial charge >= 0.3 is 0 Å². The van der Waals surface area contributed by atoms with Crippen LogP contribution in [0.3, 0.4) is 0 Å². The van der Waals surface area contributed by atoms with Crippen molar-refractivity contribution in [3.8, 4) is 5.75 Å². The van der Waals surface area contributed by atoms with E-state index in [4.69, 9.17) is 4.74 Å². The Morgan fingerprint density at radius 1 is 1.22 bits per heavy atom. The minimum atomic E-state index is -3.61. The third-order valence-corrected chi connectivity index (χ3v) is 3.69. The molecule has 1 aromatic carbocycles. The lowest BCUT2D eigenvalue weighted by atomic mass is 10.3. The van der Waals surface area contributed by atoms with Gasteiger partial charge in [-0.05, 0) is 24.3 Å². The Kier molecular flexibility index (Phi) is 3.24. The summed E-state index contributed by atoms with van der Waals surface area (Å²) >= 11 is 0. The van der Waals surface area contributed by atoms with Crippen LogP contribution < -0.4 is 9.46 Å². The fourth-order valence-corrected chi connectivity index (χ4v) is 2.42. The van der Waals surface area contributed by atoms with Gasteiger partial charge in [0.1, 0.15) is 5.75 Å². The molecule has 6 nitrogen and oxygen atoms in total. The summed E-state index contributed by atoms with van der Waals surface area (Å²) in [7, 11) is -0.369. The van der Waals surface area contributed by atoms with E-state index in [1.165, 1.54) is 23.9 Å². The monoisotopic (exact) mass is 267 g/mol. The lowest BCUT2D eigenvalue weighted by Gasteiger charge is -2.06. The molecule has 1 aromatic heterocycles. The molecule has 0 spiro atoms. The van der Waals surface area contributed by atoms with Crippen molar-refractivity contribution in [2.24, 2.45) is 7.05 Å². The predicted octanol–water partition coefficient (Wildman–Crippen LogP) is 1.23. The van der Waals surface area contributed by atoms with Gasteiger partial charge < -0.3 is 4.74 Å². The standard InChI is InChI=1S/C11H13N3O3S/c1-14-8-7-11(12-14)13-18(15,16)10-5-3-9(17-2)4-6-10/h3-8H,1-2H3,(H,12,13). The number of hydrogen-bond acceptors (Lipinski definition) is 4. The maximum Gasteiger partial charge on any atom is 0.263 e. The van der Waals surface area contributed by atoms with Gasteiger partial charge in [0, 0.05) is 19.3 Å². The van der Waals surface area contributed by atoms with Crippen LogP contribution in [0.25, 0.3) is 0 Å². The van der Waals surface area contributed by atoms with Gasteiger partial charge in [0.05, 0.1) is 12.0 Å². The van der Waals surface area contributed by atoms with E-state index >= 15 is 0 Å². The highest BCUT2D eigenvalue weighted by atomic mass is 32.2. The Balaban J connectivity index is 2.24. The first-order chi connectivity index (χ1) is 8.51. The highest BCUT2D eigenvalue weighted by molar-refractivity contribution is 7.92. The van der Waals surface area contributed by atoms with Crippen LogP contribution in [0.2, 0.25) is 0 Å². The number of benzene rings is 1. The fourth-order valence-electron chi connectivity index (χ4n) is 1.42. The third kappa shape index (κ3) is 2.62. The molecule has 0 saturated heterocycles. The van der Waals surface area contributed by atoms with E-state index in [-0.39, 0.29) is 10.7 Å². The second-order valence-corrected chi connectivity index (χ2v) is 5.34. The van der Waals surface area contributed by atoms with Crippen LogP contribution in [0, 0.1) is 0 Å². The van der Waals surface area contributed by atoms with Crippen LogP contribution in [0.15, 0.2) is 41.4 Å². The lowest BCUT2D eigenvalue weighted by molar-refractivity contribution is 0.414. The summed E-state index contributed by atoms with van der Waals surface area (Å²) in [5.41, 5.74) is 0. The van der Waals surface area contributed by atoms with Gasteiger partial charge in [-0.15, -0.1) is 0 Å². The Hall–Kier alpha value is -2.02. The number of rotatable bonds is 4. The van der Waals surface area contributed by atoms with E-state index in [0.717, 1.165) is 0 Å². The van der Waals surface area contributed by atoms with Gasteiger partial charge in [0.25, 0.3) is 10.0 Å². The Bertz CT molecular complexity index is 632. The predicted molar refractivity (Wildman–Crippen MR) is 67.0 cm³/mol. The van der Waals surface area contributed by atoms with Crippen LogP contribution in [0.5, 0.6) is 5.75 Å². The van der Waals surface area contributed by atoms with E-state index in [9.17, 15) is 8.42 Å². The first kappa shape index (κ1) is 12.4. The molecule has 0 saturated carbocycles. The molecule has 2 aromatic rings. The molecule has 0 aliphatic rings. The number of hydrogen-bond donors (Lipinski definition) is 1. The molecule has 1 N–H and O–H groups in total. The topological polar surface area (TPSA) is 73.2 Å². The maximum atomic E-state index is 12.0. The quantitative estimate of drug-likeness (QED) is 0.904. The van der Waals surface area contributed by atoms with Crippen LogP contribution in [-0.2, 0) is 17.1 Å². The van der Waals surface area contributed by atoms with Gasteiger partial charge in [-0.2, -0.15) is 5.10 Å². The average Bonchev–Trinajstić information content (AvgIpc) is 2.74. The van der Waals surface area contributed by atoms with Crippen molar-refractivity contribution in [2.75, 3.05) is 11.8 Å². The summed E-state index contributed by atoms with van der Waals surface area (Å²) < 4.78 is 32.9. The number of aryl methyl sites for hydroxylation is 1. The molecular formula is C11H13N3O3S. The summed E-state index contributed by atoms with van der Waals surface area (Å²) in [6, 6.07) is 7.72. The van der Waals surface area contributed by atoms with E-state index in [2.05, 4.69) is 9.82 Å². The van der Waals surface area contributed by atoms with Crippen molar-refractivity contribution in [1.82, 2.24) is 9.78 Å². The molecule has 0 fully saturated rings. The molecule has 0 aliphatic carbocycles. The number of ether oxygens (including phenoxy) is 1. The molecule has 0 amide bonds. The Morgan fingerprint density at radius 3 is 2.39 bits per heavy atom. The SMILES string of the molecule is COc1ccc(S(=O)(=O)Nc2ccn(C)n2)cc1. The smallest absolute Gasteiger partial charge is 0.263 e. The zero-order chi connectivity index (χ0) is 13.2. The van der Waals surface area contributed by atoms with Crippen molar-refractivity contribution < 1.29 is 13.2 Å². The lowest BCUT2D eigenvalue weighted by Crippen LogP contribution is -2.13. The fraction of sp³-hybridized carbons (Fsp3) is 0.182. The maximum absolute atomic E-state index is 12.0. The molecular weight excluding hydrogens is 254 g/mol. The van der Waals surface area contributed by atoms with Crippen LogP contribution in [0.4, 0.5) is 5.82 Å². The van der Waals surface area contributed by atoms with Crippen LogP contribution >= 0.6 is 0 Å². The number of aromatic nitrogens is 2. The van der Waals surface area contributed by atoms with Crippen molar-refractivity contribution in [3.05, 3.63) is 36.5 Å². The third-order valence-electron chi connectivity index (χ3n) is 2.32. The minimum absolute atomic E-state index is 0.161. The van der Waals surface area contributed by atoms with Crippen LogP contribution in [0.1, 0.15) is 0 Å². The van der Waals surface area contributed by atoms with Gasteiger partial charge in [-0.1, -0.05) is 0 Å². The average molecular weight is 267 g/mol. The number of nitrogens with one attached hydrogen (secondary N) is 1. The minimum Gasteiger partial charge on any atom is -0.497 e. The first-order valence-corrected chi connectivity index (χ1v) is 6.66. The second-order valence-electron chi connectivity index (χ2n) is 3.66. The van der Waals surface area contributed by atoms with Gasteiger partial charge in [-0.3, -0.25) is 9.40 Å². The van der Waals surface area contributed by atoms with E-state index in [0.29, 0.717) is 5.75 Å². The highest BCUT2D eigenvalue weighted by Crippen LogP contribution is 2.17. The van der Waals surface area contributed by atoms with E-state index in [1.54, 1.807) is 31.4 Å². The summed E-state index contributed by atoms with van der Waals surface area (Å²) in [5, 5.41) is 3.96. The molecule has 0 atom stereocenters. The molecule has 7 heteroatoms. The number of nitrogens with zero attached hydrogens (tertiary/aromatic N) is 2. The van der Waals surface area contributed by atoms with Crippen molar-refractivity contribution in [1.29, 1.82) is 0 Å². The summed E-state index contributed by atoms with van der Waals surface area (Å²) in [6.45, 7) is 0. The number of methoxy groups -OCH3 is 1. The summed E-state index contributed by atoms with van der Waals surface area (Å²) in [6.07, 6.45) is 1.66. The Morgan fingerprint density at radius 2 is 1.89 bits per heavy atom. The zero-order valence-corrected chi connectivity index (χ0v) is 10.8. The van der Waals surface area contributed by atoms with Crippen LogP contribution in [-0.4, -0.2) is 25.3 Å². The number of sulfonamides is 1. The van der Waals surface area contributed by atoms with E-state index < -0.39 is 10.0 Å². The molecule has 0 radical (unpaired) electrons. The van der Waals surface area contributed by atoms with Gasteiger partial charge in [-0.25, -0.2) is 8.42 Å². The first-order valence-electron chi connectivity index (χ1n) is 5.18. The molecule has 2 rings (SSSR count). The van der Waals surface area contributed by atoms with Crippen molar-refractivity contribution in [2.45, 2.75) is 4.90 Å². The van der Waals surface area contributed by atoms with E-state index in [1.807, 2.05) is 0 Å². The molecule has 1 heterocycles. The van der Waals surface area contributed by atoms with Gasteiger partial charge in [0.15, 0.2) is 5.82 Å². The zero-order valence-electron chi connectivity index (χ0n) is 9.99. The molecule has 18 heavy (non-hydrogen) atoms. The second kappa shape index (κ2) is 4.69. The van der Waals surface area contributed by atoms with Crippen molar-refractivity contribution >= 4 is 15.8 Å². The largest absolute Gasteiger partial charge is 0.497 e. The normalized spacial score (nSPS) is 11.2. The highest BCUT2D eigenvalue weighted by Gasteiger charge is 2.15. The van der Waals surface area contributed by atoms with Gasteiger partial charge in [0.2, 0.25) is 0 Å². The molecule has 96 valence electrons. The Labute approximate surface area is 105 Å². The molecule has 0 bridgehead atoms. The summed E-state index contributed by atoms with van der Waals surface area (Å²) in [4.78, 5) is 0.161. The number of anilines is 1. The van der Waals surface area contributed by atoms with Crippen molar-refractivity contribution in [3.63, 3.8) is 0 Å². The molecule has 0 unspecified atom stereocenters. The molecule has 0 aliphatic heterocycles. The summed E-state index contributed by atoms with van der Waals surface area (Å²) in [5.74, 6) is 0.889.